The summed E-state index contributed by atoms with van der Waals surface area (Å²) in [6, 6.07) is 0. The molecule has 1 rings (SSSR count). The molecule has 0 aliphatic carbocycles. The largest absolute Gasteiger partial charge is 0.691 e. The van der Waals surface area contributed by atoms with Gasteiger partial charge in [0.2, 0.25) is 0 Å². The molecule has 1 heterocycles. The second-order valence-corrected chi connectivity index (χ2v) is 2.46. The molecule has 13 heavy (non-hydrogen) atoms. The maximum absolute atomic E-state index is 11.0. The Morgan fingerprint density at radius 3 is 2.54 bits per heavy atom. The molecule has 0 atom stereocenters. The summed E-state index contributed by atoms with van der Waals surface area (Å²) in [5.41, 5.74) is 16.6. The van der Waals surface area contributed by atoms with Gasteiger partial charge in [0, 0.05) is 6.54 Å². The summed E-state index contributed by atoms with van der Waals surface area (Å²) >= 11 is 0. The van der Waals surface area contributed by atoms with Gasteiger partial charge in [0.1, 0.15) is 5.69 Å². The molecule has 0 amide bonds. The molecule has 0 aliphatic rings. The van der Waals surface area contributed by atoms with Crippen LogP contribution in [0.15, 0.2) is 0 Å². The normalized spacial score (nSPS) is 9.92. The van der Waals surface area contributed by atoms with E-state index in [0.29, 0.717) is 6.54 Å². The average Bonchev–Trinajstić information content (AvgIpc) is 2.11. The fourth-order valence-corrected chi connectivity index (χ4v) is 0.865. The fourth-order valence-electron chi connectivity index (χ4n) is 0.865. The van der Waals surface area contributed by atoms with Crippen molar-refractivity contribution in [3.05, 3.63) is 5.21 Å². The van der Waals surface area contributed by atoms with Gasteiger partial charge in [0.05, 0.1) is 0 Å². The van der Waals surface area contributed by atoms with Gasteiger partial charge in [0.25, 0.3) is 0 Å². The van der Waals surface area contributed by atoms with Crippen molar-refractivity contribution in [3.8, 4) is 0 Å². The minimum Gasteiger partial charge on any atom is -0.691 e. The van der Waals surface area contributed by atoms with Gasteiger partial charge in [-0.15, -0.1) is 4.85 Å². The van der Waals surface area contributed by atoms with E-state index in [4.69, 9.17) is 17.2 Å². The van der Waals surface area contributed by atoms with Crippen molar-refractivity contribution >= 4 is 23.0 Å². The molecule has 0 spiro atoms. The number of aromatic nitrogens is 2. The molecule has 7 heteroatoms. The van der Waals surface area contributed by atoms with E-state index in [0.717, 1.165) is 0 Å². The molecule has 0 bridgehead atoms. The van der Waals surface area contributed by atoms with Gasteiger partial charge in [-0.3, -0.25) is 5.73 Å². The summed E-state index contributed by atoms with van der Waals surface area (Å²) in [5, 5.41) is 17.3. The zero-order valence-corrected chi connectivity index (χ0v) is 7.24. The first-order valence-corrected chi connectivity index (χ1v) is 3.76. The third-order valence-electron chi connectivity index (χ3n) is 1.56. The topological polar surface area (TPSA) is 130 Å². The summed E-state index contributed by atoms with van der Waals surface area (Å²) < 4.78 is 0. The van der Waals surface area contributed by atoms with Crippen molar-refractivity contribution < 1.29 is 4.85 Å². The van der Waals surface area contributed by atoms with E-state index in [1.807, 2.05) is 6.92 Å². The molecule has 0 saturated carbocycles. The fraction of sp³-hybridized carbons (Fsp3) is 0.333. The zero-order valence-electron chi connectivity index (χ0n) is 7.24. The van der Waals surface area contributed by atoms with Crippen molar-refractivity contribution in [2.45, 2.75) is 6.92 Å². The Labute approximate surface area is 75.1 Å². The standard InChI is InChI=1S/C6H12N6O/c1-2-10-6-4(8)3(7)5(9)12(13)11-6/h2,7-9H2,1H3,(H,10,11). The number of hydrogen-bond acceptors (Lipinski definition) is 6. The highest BCUT2D eigenvalue weighted by atomic mass is 16.5. The van der Waals surface area contributed by atoms with E-state index in [9.17, 15) is 5.21 Å². The van der Waals surface area contributed by atoms with Crippen LogP contribution in [0, 0.1) is 5.21 Å². The van der Waals surface area contributed by atoms with E-state index >= 15 is 0 Å². The maximum atomic E-state index is 11.0. The van der Waals surface area contributed by atoms with Crippen LogP contribution >= 0.6 is 0 Å². The van der Waals surface area contributed by atoms with Gasteiger partial charge in [-0.1, -0.05) is 5.10 Å². The number of anilines is 4. The first-order chi connectivity index (χ1) is 6.07. The van der Waals surface area contributed by atoms with Crippen LogP contribution in [0.2, 0.25) is 0 Å². The summed E-state index contributed by atoms with van der Waals surface area (Å²) in [6.45, 7) is 2.45. The first-order valence-electron chi connectivity index (χ1n) is 3.76. The molecule has 7 N–H and O–H groups in total. The quantitative estimate of drug-likeness (QED) is 0.340. The molecule has 0 aliphatic heterocycles. The summed E-state index contributed by atoms with van der Waals surface area (Å²) in [5.74, 6) is 0.0725. The number of nitrogens with zero attached hydrogens (tertiary/aromatic N) is 2. The summed E-state index contributed by atoms with van der Waals surface area (Å²) in [4.78, 5) is 0.240. The summed E-state index contributed by atoms with van der Waals surface area (Å²) in [6.07, 6.45) is 0. The molecule has 1 aromatic heterocycles. The lowest BCUT2D eigenvalue weighted by Gasteiger charge is -2.11. The van der Waals surface area contributed by atoms with Crippen molar-refractivity contribution in [1.29, 1.82) is 0 Å². The minimum absolute atomic E-state index is 0.0564. The molecular formula is C6H12N6O. The predicted molar refractivity (Wildman–Crippen MR) is 50.6 cm³/mol. The highest BCUT2D eigenvalue weighted by Gasteiger charge is 2.14. The van der Waals surface area contributed by atoms with Crippen LogP contribution in [0.4, 0.5) is 23.0 Å². The van der Waals surface area contributed by atoms with Gasteiger partial charge in [-0.2, -0.15) is 0 Å². The second kappa shape index (κ2) is 3.21. The van der Waals surface area contributed by atoms with Crippen molar-refractivity contribution in [2.75, 3.05) is 29.1 Å². The monoisotopic (exact) mass is 184 g/mol. The third-order valence-corrected chi connectivity index (χ3v) is 1.56. The average molecular weight is 184 g/mol. The van der Waals surface area contributed by atoms with E-state index in [1.165, 1.54) is 0 Å². The lowest BCUT2D eigenvalue weighted by Crippen LogP contribution is -2.37. The Morgan fingerprint density at radius 2 is 2.00 bits per heavy atom. The number of hydrogen-bond donors (Lipinski definition) is 4. The maximum Gasteiger partial charge on any atom is 0.322 e. The first kappa shape index (κ1) is 9.17. The molecular weight excluding hydrogens is 172 g/mol. The van der Waals surface area contributed by atoms with Gasteiger partial charge in [-0.25, -0.2) is 0 Å². The number of nitrogen functional groups attached to an aromatic ring is 3. The molecule has 0 aromatic carbocycles. The Balaban J connectivity index is 3.24. The van der Waals surface area contributed by atoms with Crippen LogP contribution in [0.1, 0.15) is 6.92 Å². The van der Waals surface area contributed by atoms with Crippen LogP contribution in [0.5, 0.6) is 0 Å². The Morgan fingerprint density at radius 1 is 1.38 bits per heavy atom. The van der Waals surface area contributed by atoms with Crippen LogP contribution in [-0.2, 0) is 0 Å². The summed E-state index contributed by atoms with van der Waals surface area (Å²) in [7, 11) is 0. The smallest absolute Gasteiger partial charge is 0.322 e. The van der Waals surface area contributed by atoms with Crippen molar-refractivity contribution in [3.63, 3.8) is 0 Å². The minimum atomic E-state index is -0.181. The Bertz CT molecular complexity index is 325. The van der Waals surface area contributed by atoms with Crippen LogP contribution in [0.3, 0.4) is 0 Å². The van der Waals surface area contributed by atoms with Crippen LogP contribution < -0.4 is 27.4 Å². The molecule has 0 radical (unpaired) electrons. The highest BCUT2D eigenvalue weighted by Crippen LogP contribution is 2.24. The predicted octanol–water partition coefficient (Wildman–Crippen LogP) is -1.11. The SMILES string of the molecule is CCNc1n[n+]([O-])c(N)c(N)c1N. The molecule has 1 aromatic rings. The van der Waals surface area contributed by atoms with Gasteiger partial charge >= 0.3 is 5.82 Å². The molecule has 0 unspecified atom stereocenters. The molecule has 0 fully saturated rings. The molecule has 72 valence electrons. The lowest BCUT2D eigenvalue weighted by atomic mass is 10.3. The van der Waals surface area contributed by atoms with Crippen LogP contribution in [0.25, 0.3) is 0 Å². The molecule has 7 nitrogen and oxygen atoms in total. The van der Waals surface area contributed by atoms with Gasteiger partial charge < -0.3 is 22.0 Å². The van der Waals surface area contributed by atoms with Gasteiger partial charge in [0.15, 0.2) is 11.5 Å². The van der Waals surface area contributed by atoms with Gasteiger partial charge in [-0.05, 0) is 6.92 Å². The second-order valence-electron chi connectivity index (χ2n) is 2.46. The number of nitrogens with one attached hydrogen (secondary N) is 1. The number of nitrogens with two attached hydrogens (primary N) is 3. The van der Waals surface area contributed by atoms with Crippen molar-refractivity contribution in [2.24, 2.45) is 0 Å². The van der Waals surface area contributed by atoms with E-state index in [-0.39, 0.29) is 27.9 Å². The van der Waals surface area contributed by atoms with E-state index < -0.39 is 0 Å². The van der Waals surface area contributed by atoms with Crippen molar-refractivity contribution in [1.82, 2.24) is 5.10 Å². The van der Waals surface area contributed by atoms with Crippen LogP contribution in [-0.4, -0.2) is 11.6 Å². The van der Waals surface area contributed by atoms with E-state index in [1.54, 1.807) is 0 Å². The number of rotatable bonds is 2. The molecule has 0 saturated heterocycles. The Hall–Kier alpha value is -1.92. The highest BCUT2D eigenvalue weighted by molar-refractivity contribution is 5.80. The van der Waals surface area contributed by atoms with E-state index in [2.05, 4.69) is 10.4 Å². The Kier molecular flexibility index (Phi) is 2.27. The third kappa shape index (κ3) is 1.48. The zero-order chi connectivity index (χ0) is 10.0. The lowest BCUT2D eigenvalue weighted by molar-refractivity contribution is -0.652.